The molecule has 7 heteroatoms. The van der Waals surface area contributed by atoms with Gasteiger partial charge in [0.1, 0.15) is 0 Å². The fourth-order valence-electron chi connectivity index (χ4n) is 2.04. The Morgan fingerprint density at radius 2 is 2.32 bits per heavy atom. The third kappa shape index (κ3) is 3.04. The molecule has 1 heterocycles. The number of amides is 1. The van der Waals surface area contributed by atoms with E-state index in [4.69, 9.17) is 10.7 Å². The molecule has 98 valence electrons. The maximum atomic E-state index is 11.1. The molecule has 3 N–H and O–H groups in total. The third-order valence-corrected chi connectivity index (χ3v) is 2.89. The van der Waals surface area contributed by atoms with Gasteiger partial charge < -0.3 is 4.98 Å². The summed E-state index contributed by atoms with van der Waals surface area (Å²) in [4.78, 5) is 17.0. The summed E-state index contributed by atoms with van der Waals surface area (Å²) >= 11 is 0. The molecule has 0 saturated carbocycles. The van der Waals surface area contributed by atoms with Crippen LogP contribution in [0.25, 0.3) is 21.3 Å². The molecular weight excluding hydrogens is 246 g/mol. The molecule has 7 nitrogen and oxygen atoms in total. The molecule has 1 atom stereocenters. The standard InChI is InChI=1S/C12H13N5O2/c13-17-15-9(6-12(18)16-19)5-8-7-14-11-4-2-1-3-10(8)11/h1-4,7,9,14,19H,5-6H2,(H,16,18)/t9-/m1/s1. The molecule has 0 unspecified atom stereocenters. The summed E-state index contributed by atoms with van der Waals surface area (Å²) in [7, 11) is 0. The summed E-state index contributed by atoms with van der Waals surface area (Å²) in [6.07, 6.45) is 2.21. The largest absolute Gasteiger partial charge is 0.361 e. The van der Waals surface area contributed by atoms with E-state index in [1.54, 1.807) is 5.48 Å². The van der Waals surface area contributed by atoms with Crippen LogP contribution in [-0.4, -0.2) is 22.1 Å². The minimum atomic E-state index is -0.572. The number of azide groups is 1. The number of H-pyrrole nitrogens is 1. The highest BCUT2D eigenvalue weighted by Crippen LogP contribution is 2.20. The van der Waals surface area contributed by atoms with Crippen molar-refractivity contribution >= 4 is 16.8 Å². The van der Waals surface area contributed by atoms with Crippen LogP contribution in [0, 0.1) is 0 Å². The molecule has 1 amide bonds. The minimum absolute atomic E-state index is 0.0555. The number of hydrogen-bond donors (Lipinski definition) is 3. The van der Waals surface area contributed by atoms with E-state index in [1.807, 2.05) is 30.5 Å². The van der Waals surface area contributed by atoms with Crippen molar-refractivity contribution in [2.24, 2.45) is 5.11 Å². The first-order valence-corrected chi connectivity index (χ1v) is 5.76. The molecule has 2 rings (SSSR count). The lowest BCUT2D eigenvalue weighted by Crippen LogP contribution is -2.24. The van der Waals surface area contributed by atoms with Gasteiger partial charge in [-0.3, -0.25) is 10.0 Å². The Balaban J connectivity index is 2.21. The smallest absolute Gasteiger partial charge is 0.243 e. The number of benzene rings is 1. The van der Waals surface area contributed by atoms with Gasteiger partial charge in [-0.25, -0.2) is 5.48 Å². The first-order valence-electron chi connectivity index (χ1n) is 5.76. The fraction of sp³-hybridized carbons (Fsp3) is 0.250. The zero-order valence-electron chi connectivity index (χ0n) is 10.1. The van der Waals surface area contributed by atoms with Crippen molar-refractivity contribution < 1.29 is 10.0 Å². The van der Waals surface area contributed by atoms with Crippen LogP contribution >= 0.6 is 0 Å². The Morgan fingerprint density at radius 1 is 1.53 bits per heavy atom. The van der Waals surface area contributed by atoms with Crippen LogP contribution in [0.5, 0.6) is 0 Å². The Bertz CT molecular complexity index is 630. The SMILES string of the molecule is [N-]=[N+]=N[C@@H](CC(=O)NO)Cc1c[nH]c2ccccc12. The number of fused-ring (bicyclic) bond motifs is 1. The van der Waals surface area contributed by atoms with E-state index >= 15 is 0 Å². The topological polar surface area (TPSA) is 114 Å². The second kappa shape index (κ2) is 5.90. The third-order valence-electron chi connectivity index (χ3n) is 2.89. The lowest BCUT2D eigenvalue weighted by molar-refractivity contribution is -0.129. The lowest BCUT2D eigenvalue weighted by atomic mass is 10.0. The van der Waals surface area contributed by atoms with Crippen molar-refractivity contribution in [3.63, 3.8) is 0 Å². The number of rotatable bonds is 5. The Labute approximate surface area is 108 Å². The second-order valence-electron chi connectivity index (χ2n) is 4.16. The molecule has 0 fully saturated rings. The molecular formula is C12H13N5O2. The molecule has 0 bridgehead atoms. The molecule has 19 heavy (non-hydrogen) atoms. The molecule has 0 aliphatic heterocycles. The van der Waals surface area contributed by atoms with E-state index in [0.29, 0.717) is 6.42 Å². The number of nitrogens with zero attached hydrogens (tertiary/aromatic N) is 3. The van der Waals surface area contributed by atoms with Gasteiger partial charge in [0.05, 0.1) is 6.04 Å². The first-order chi connectivity index (χ1) is 9.24. The van der Waals surface area contributed by atoms with Crippen molar-refractivity contribution in [2.45, 2.75) is 18.9 Å². The van der Waals surface area contributed by atoms with Crippen molar-refractivity contribution in [3.8, 4) is 0 Å². The van der Waals surface area contributed by atoms with E-state index in [0.717, 1.165) is 16.5 Å². The van der Waals surface area contributed by atoms with Crippen LogP contribution in [0.15, 0.2) is 35.6 Å². The van der Waals surface area contributed by atoms with Gasteiger partial charge in [0.2, 0.25) is 5.91 Å². The summed E-state index contributed by atoms with van der Waals surface area (Å²) in [6, 6.07) is 7.22. The van der Waals surface area contributed by atoms with Crippen LogP contribution in [0.1, 0.15) is 12.0 Å². The zero-order chi connectivity index (χ0) is 13.7. The van der Waals surface area contributed by atoms with Crippen LogP contribution in [0.3, 0.4) is 0 Å². The molecule has 0 spiro atoms. The van der Waals surface area contributed by atoms with Gasteiger partial charge in [0.15, 0.2) is 0 Å². The first kappa shape index (κ1) is 12.9. The maximum Gasteiger partial charge on any atom is 0.243 e. The van der Waals surface area contributed by atoms with Crippen molar-refractivity contribution in [1.29, 1.82) is 0 Å². The minimum Gasteiger partial charge on any atom is -0.361 e. The van der Waals surface area contributed by atoms with E-state index < -0.39 is 11.9 Å². The number of hydrogen-bond acceptors (Lipinski definition) is 3. The maximum absolute atomic E-state index is 11.1. The Hall–Kier alpha value is -2.50. The van der Waals surface area contributed by atoms with E-state index in [-0.39, 0.29) is 6.42 Å². The van der Waals surface area contributed by atoms with Gasteiger partial charge in [-0.2, -0.15) is 0 Å². The Kier molecular flexibility index (Phi) is 4.02. The van der Waals surface area contributed by atoms with Gasteiger partial charge in [-0.1, -0.05) is 23.3 Å². The predicted molar refractivity (Wildman–Crippen MR) is 69.5 cm³/mol. The molecule has 0 aliphatic carbocycles. The molecule has 2 aromatic rings. The quantitative estimate of drug-likeness (QED) is 0.251. The highest BCUT2D eigenvalue weighted by molar-refractivity contribution is 5.83. The number of carbonyl (C=O) groups excluding carboxylic acids is 1. The van der Waals surface area contributed by atoms with E-state index in [9.17, 15) is 4.79 Å². The van der Waals surface area contributed by atoms with Crippen LogP contribution in [-0.2, 0) is 11.2 Å². The number of aromatic amines is 1. The Morgan fingerprint density at radius 3 is 3.05 bits per heavy atom. The average Bonchev–Trinajstić information content (AvgIpc) is 2.82. The fourth-order valence-corrected chi connectivity index (χ4v) is 2.04. The van der Waals surface area contributed by atoms with Crippen LogP contribution in [0.4, 0.5) is 0 Å². The molecule has 1 aromatic heterocycles. The number of nitrogens with one attached hydrogen (secondary N) is 2. The van der Waals surface area contributed by atoms with Gasteiger partial charge in [-0.05, 0) is 23.6 Å². The average molecular weight is 259 g/mol. The highest BCUT2D eigenvalue weighted by Gasteiger charge is 2.14. The normalized spacial score (nSPS) is 11.8. The molecule has 1 aromatic carbocycles. The number of para-hydroxylation sites is 1. The molecule has 0 radical (unpaired) electrons. The van der Waals surface area contributed by atoms with Gasteiger partial charge in [0, 0.05) is 28.4 Å². The predicted octanol–water partition coefficient (Wildman–Crippen LogP) is 2.28. The summed E-state index contributed by atoms with van der Waals surface area (Å²) in [5.41, 5.74) is 12.0. The molecule has 0 saturated heterocycles. The van der Waals surface area contributed by atoms with E-state index in [1.165, 1.54) is 0 Å². The van der Waals surface area contributed by atoms with Crippen LogP contribution in [0.2, 0.25) is 0 Å². The lowest BCUT2D eigenvalue weighted by Gasteiger charge is -2.08. The summed E-state index contributed by atoms with van der Waals surface area (Å²) < 4.78 is 0. The van der Waals surface area contributed by atoms with Crippen molar-refractivity contribution in [2.75, 3.05) is 0 Å². The van der Waals surface area contributed by atoms with Crippen molar-refractivity contribution in [1.82, 2.24) is 10.5 Å². The van der Waals surface area contributed by atoms with Gasteiger partial charge in [0.25, 0.3) is 0 Å². The van der Waals surface area contributed by atoms with Crippen LogP contribution < -0.4 is 5.48 Å². The summed E-state index contributed by atoms with van der Waals surface area (Å²) in [5, 5.41) is 13.1. The monoisotopic (exact) mass is 259 g/mol. The molecule has 0 aliphatic rings. The zero-order valence-corrected chi connectivity index (χ0v) is 10.1. The number of carbonyl (C=O) groups is 1. The number of hydroxylamine groups is 1. The summed E-state index contributed by atoms with van der Waals surface area (Å²) in [6.45, 7) is 0. The van der Waals surface area contributed by atoms with Crippen molar-refractivity contribution in [3.05, 3.63) is 46.5 Å². The number of aromatic nitrogens is 1. The van der Waals surface area contributed by atoms with Gasteiger partial charge >= 0.3 is 0 Å². The highest BCUT2D eigenvalue weighted by atomic mass is 16.5. The summed E-state index contributed by atoms with van der Waals surface area (Å²) in [5.74, 6) is -0.572. The second-order valence-corrected chi connectivity index (χ2v) is 4.16. The van der Waals surface area contributed by atoms with E-state index in [2.05, 4.69) is 15.0 Å². The van der Waals surface area contributed by atoms with Gasteiger partial charge in [-0.15, -0.1) is 0 Å².